The van der Waals surface area contributed by atoms with Crippen LogP contribution in [-0.4, -0.2) is 21.2 Å². The number of nitrogens with zero attached hydrogens (tertiary/aromatic N) is 1. The number of nitrogens with one attached hydrogen (secondary N) is 1. The van der Waals surface area contributed by atoms with Gasteiger partial charge in [-0.3, -0.25) is 0 Å². The first-order chi connectivity index (χ1) is 7.49. The second kappa shape index (κ2) is 4.12. The summed E-state index contributed by atoms with van der Waals surface area (Å²) >= 11 is 3.08. The summed E-state index contributed by atoms with van der Waals surface area (Å²) in [5.41, 5.74) is 6.90. The summed E-state index contributed by atoms with van der Waals surface area (Å²) in [5, 5.41) is 9.34. The van der Waals surface area contributed by atoms with Crippen molar-refractivity contribution in [2.24, 2.45) is 5.73 Å². The highest BCUT2D eigenvalue weighted by atomic mass is 79.9. The smallest absolute Gasteiger partial charge is 0.139 e. The third-order valence-corrected chi connectivity index (χ3v) is 2.99. The molecule has 1 heterocycles. The number of nitrogens with two attached hydrogens (primary N) is 1. The number of hydrogen-bond donors (Lipinski definition) is 3. The number of aromatic amines is 1. The van der Waals surface area contributed by atoms with Gasteiger partial charge in [0.05, 0.1) is 27.7 Å². The summed E-state index contributed by atoms with van der Waals surface area (Å²) in [5.74, 6) is 0.0795. The summed E-state index contributed by atoms with van der Waals surface area (Å²) in [6, 6.07) is 2.30. The number of imidazole rings is 1. The Labute approximate surface area is 99.8 Å². The molecule has 0 bridgehead atoms. The largest absolute Gasteiger partial charge is 0.391 e. The molecule has 0 aliphatic rings. The molecule has 0 saturated heterocycles. The molecule has 0 aliphatic heterocycles. The Morgan fingerprint density at radius 2 is 2.25 bits per heavy atom. The number of aliphatic hydroxyl groups is 1. The first-order valence-corrected chi connectivity index (χ1v) is 5.56. The minimum absolute atomic E-state index is 0.351. The van der Waals surface area contributed by atoms with Crippen LogP contribution >= 0.6 is 15.9 Å². The van der Waals surface area contributed by atoms with Crippen molar-refractivity contribution in [1.29, 1.82) is 0 Å². The lowest BCUT2D eigenvalue weighted by Gasteiger charge is -2.10. The Morgan fingerprint density at radius 3 is 2.88 bits per heavy atom. The third kappa shape index (κ3) is 1.95. The first-order valence-electron chi connectivity index (χ1n) is 4.77. The van der Waals surface area contributed by atoms with Crippen LogP contribution in [0.2, 0.25) is 0 Å². The Morgan fingerprint density at radius 1 is 1.56 bits per heavy atom. The number of benzene rings is 1. The molecule has 1 aromatic carbocycles. The van der Waals surface area contributed by atoms with Gasteiger partial charge in [0.1, 0.15) is 11.6 Å². The standard InChI is InChI=1S/C10H11BrFN3O/c1-4(16)9(13)10-14-7-2-5(11)6(12)3-8(7)15-10/h2-4,9,16H,13H2,1H3,(H,14,15). The van der Waals surface area contributed by atoms with Crippen LogP contribution in [0.25, 0.3) is 11.0 Å². The highest BCUT2D eigenvalue weighted by Crippen LogP contribution is 2.23. The molecule has 1 aromatic heterocycles. The van der Waals surface area contributed by atoms with E-state index in [2.05, 4.69) is 25.9 Å². The zero-order valence-electron chi connectivity index (χ0n) is 8.54. The van der Waals surface area contributed by atoms with E-state index in [-0.39, 0.29) is 5.82 Å². The molecule has 0 radical (unpaired) electrons. The topological polar surface area (TPSA) is 74.9 Å². The van der Waals surface area contributed by atoms with Gasteiger partial charge in [0, 0.05) is 6.07 Å². The van der Waals surface area contributed by atoms with Crippen molar-refractivity contribution in [3.63, 3.8) is 0 Å². The predicted octanol–water partition coefficient (Wildman–Crippen LogP) is 1.85. The van der Waals surface area contributed by atoms with E-state index in [0.717, 1.165) is 0 Å². The van der Waals surface area contributed by atoms with Gasteiger partial charge in [0.15, 0.2) is 0 Å². The highest BCUT2D eigenvalue weighted by molar-refractivity contribution is 9.10. The van der Waals surface area contributed by atoms with Crippen LogP contribution in [-0.2, 0) is 0 Å². The average Bonchev–Trinajstić information content (AvgIpc) is 2.60. The van der Waals surface area contributed by atoms with Gasteiger partial charge in [-0.1, -0.05) is 0 Å². The lowest BCUT2D eigenvalue weighted by atomic mass is 10.2. The van der Waals surface area contributed by atoms with Crippen molar-refractivity contribution in [1.82, 2.24) is 9.97 Å². The molecule has 2 unspecified atom stereocenters. The van der Waals surface area contributed by atoms with Gasteiger partial charge in [-0.2, -0.15) is 0 Å². The average molecular weight is 288 g/mol. The van der Waals surface area contributed by atoms with E-state index in [1.54, 1.807) is 13.0 Å². The lowest BCUT2D eigenvalue weighted by molar-refractivity contribution is 0.161. The molecule has 0 saturated carbocycles. The van der Waals surface area contributed by atoms with Crippen LogP contribution in [0.15, 0.2) is 16.6 Å². The second-order valence-corrected chi connectivity index (χ2v) is 4.53. The van der Waals surface area contributed by atoms with Crippen LogP contribution in [0.3, 0.4) is 0 Å². The van der Waals surface area contributed by atoms with Gasteiger partial charge < -0.3 is 15.8 Å². The van der Waals surface area contributed by atoms with Crippen molar-refractivity contribution in [3.05, 3.63) is 28.2 Å². The molecule has 16 heavy (non-hydrogen) atoms. The van der Waals surface area contributed by atoms with Crippen molar-refractivity contribution >= 4 is 27.0 Å². The number of hydrogen-bond acceptors (Lipinski definition) is 3. The Hall–Kier alpha value is -0.980. The maximum atomic E-state index is 13.2. The molecular weight excluding hydrogens is 277 g/mol. The van der Waals surface area contributed by atoms with Crippen molar-refractivity contribution < 1.29 is 9.50 Å². The molecule has 2 rings (SSSR count). The summed E-state index contributed by atoms with van der Waals surface area (Å²) in [4.78, 5) is 7.09. The highest BCUT2D eigenvalue weighted by Gasteiger charge is 2.16. The zero-order valence-corrected chi connectivity index (χ0v) is 10.1. The van der Waals surface area contributed by atoms with E-state index in [1.165, 1.54) is 6.07 Å². The van der Waals surface area contributed by atoms with E-state index in [9.17, 15) is 9.50 Å². The molecule has 0 aliphatic carbocycles. The molecule has 2 atom stereocenters. The van der Waals surface area contributed by atoms with Gasteiger partial charge in [0.25, 0.3) is 0 Å². The quantitative estimate of drug-likeness (QED) is 0.789. The van der Waals surface area contributed by atoms with Gasteiger partial charge in [-0.05, 0) is 28.9 Å². The fourth-order valence-electron chi connectivity index (χ4n) is 1.41. The minimum atomic E-state index is -0.714. The molecule has 0 fully saturated rings. The van der Waals surface area contributed by atoms with Crippen LogP contribution in [0, 0.1) is 5.82 Å². The van der Waals surface area contributed by atoms with Crippen molar-refractivity contribution in [3.8, 4) is 0 Å². The normalized spacial score (nSPS) is 15.3. The fourth-order valence-corrected chi connectivity index (χ4v) is 1.74. The molecular formula is C10H11BrFN3O. The molecule has 86 valence electrons. The molecule has 6 heteroatoms. The van der Waals surface area contributed by atoms with Gasteiger partial charge in [-0.15, -0.1) is 0 Å². The number of aromatic nitrogens is 2. The van der Waals surface area contributed by atoms with Gasteiger partial charge in [-0.25, -0.2) is 9.37 Å². The zero-order chi connectivity index (χ0) is 11.9. The SMILES string of the molecule is CC(O)C(N)c1nc2cc(Br)c(F)cc2[nH]1. The maximum absolute atomic E-state index is 13.2. The molecule has 4 N–H and O–H groups in total. The van der Waals surface area contributed by atoms with Crippen LogP contribution < -0.4 is 5.73 Å². The number of H-pyrrole nitrogens is 1. The summed E-state index contributed by atoms with van der Waals surface area (Å²) in [7, 11) is 0. The molecule has 0 amide bonds. The monoisotopic (exact) mass is 287 g/mol. The van der Waals surface area contributed by atoms with Gasteiger partial charge in [0.2, 0.25) is 0 Å². The second-order valence-electron chi connectivity index (χ2n) is 3.67. The van der Waals surface area contributed by atoms with E-state index in [1.807, 2.05) is 0 Å². The van der Waals surface area contributed by atoms with Crippen molar-refractivity contribution in [2.75, 3.05) is 0 Å². The van der Waals surface area contributed by atoms with Crippen LogP contribution in [0.1, 0.15) is 18.8 Å². The fraction of sp³-hybridized carbons (Fsp3) is 0.300. The Balaban J connectivity index is 2.52. The summed E-state index contributed by atoms with van der Waals surface area (Å²) in [6.45, 7) is 1.58. The van der Waals surface area contributed by atoms with Crippen LogP contribution in [0.4, 0.5) is 4.39 Å². The predicted molar refractivity (Wildman–Crippen MR) is 62.4 cm³/mol. The minimum Gasteiger partial charge on any atom is -0.391 e. The number of rotatable bonds is 2. The summed E-state index contributed by atoms with van der Waals surface area (Å²) in [6.07, 6.45) is -0.714. The Kier molecular flexibility index (Phi) is 2.96. The number of fused-ring (bicyclic) bond motifs is 1. The first kappa shape index (κ1) is 11.5. The van der Waals surface area contributed by atoms with E-state index < -0.39 is 12.1 Å². The van der Waals surface area contributed by atoms with E-state index in [0.29, 0.717) is 21.3 Å². The number of halogens is 2. The maximum Gasteiger partial charge on any atom is 0.139 e. The molecule has 0 spiro atoms. The van der Waals surface area contributed by atoms with Gasteiger partial charge >= 0.3 is 0 Å². The van der Waals surface area contributed by atoms with Crippen molar-refractivity contribution in [2.45, 2.75) is 19.1 Å². The van der Waals surface area contributed by atoms with E-state index in [4.69, 9.17) is 5.73 Å². The van der Waals surface area contributed by atoms with E-state index >= 15 is 0 Å². The van der Waals surface area contributed by atoms with Crippen LogP contribution in [0.5, 0.6) is 0 Å². The third-order valence-electron chi connectivity index (χ3n) is 2.38. The molecule has 4 nitrogen and oxygen atoms in total. The summed E-state index contributed by atoms with van der Waals surface area (Å²) < 4.78 is 13.6. The Bertz CT molecular complexity index is 487. The molecule has 2 aromatic rings. The lowest BCUT2D eigenvalue weighted by Crippen LogP contribution is -2.24. The number of aliphatic hydroxyl groups excluding tert-OH is 1.